The number of unbranched alkanes of at least 4 members (excludes halogenated alkanes) is 10. The van der Waals surface area contributed by atoms with Crippen LogP contribution in [-0.4, -0.2) is 145 Å². The number of nitrogens with two attached hydrogens (primary N) is 3. The van der Waals surface area contributed by atoms with Crippen LogP contribution in [0, 0.1) is 0 Å². The summed E-state index contributed by atoms with van der Waals surface area (Å²) >= 11 is 0. The van der Waals surface area contributed by atoms with E-state index in [1.165, 1.54) is 52.4 Å². The van der Waals surface area contributed by atoms with Gasteiger partial charge in [0.2, 0.25) is 53.2 Å². The monoisotopic (exact) mass is 1230 g/mol. The lowest BCUT2D eigenvalue weighted by Crippen LogP contribution is -2.59. The molecule has 0 fully saturated rings. The summed E-state index contributed by atoms with van der Waals surface area (Å²) in [5.41, 5.74) is 21.6. The fraction of sp³-hybridized carbons (Fsp3) is 0.581. The summed E-state index contributed by atoms with van der Waals surface area (Å²) in [5.74, 6) is -6.04. The Morgan fingerprint density at radius 2 is 1.08 bits per heavy atom. The van der Waals surface area contributed by atoms with Crippen molar-refractivity contribution in [2.75, 3.05) is 32.7 Å². The van der Waals surface area contributed by atoms with E-state index in [2.05, 4.69) is 75.3 Å². The van der Waals surface area contributed by atoms with E-state index in [-0.39, 0.29) is 70.0 Å². The molecule has 0 aliphatic rings. The zero-order chi connectivity index (χ0) is 64.5. The number of amides is 10. The first kappa shape index (κ1) is 73.7. The Morgan fingerprint density at radius 3 is 1.75 bits per heavy atom. The summed E-state index contributed by atoms with van der Waals surface area (Å²) in [5, 5.41) is 29.1. The Bertz CT molecular complexity index is 2720. The van der Waals surface area contributed by atoms with Crippen LogP contribution in [0.15, 0.2) is 70.9 Å². The summed E-state index contributed by atoms with van der Waals surface area (Å²) in [6.45, 7) is 7.54. The van der Waals surface area contributed by atoms with E-state index in [1.807, 2.05) is 31.2 Å². The third kappa shape index (κ3) is 31.2. The number of fused-ring (bicyclic) bond motifs is 1. The highest BCUT2D eigenvalue weighted by atomic mass is 16.2. The van der Waals surface area contributed by atoms with Gasteiger partial charge in [0.05, 0.1) is 0 Å². The predicted octanol–water partition coefficient (Wildman–Crippen LogP) is 2.04. The first-order chi connectivity index (χ1) is 42.3. The molecule has 0 aliphatic carbocycles. The average Bonchev–Trinajstić information content (AvgIpc) is 4.19. The molecule has 26 nitrogen and oxygen atoms in total. The van der Waals surface area contributed by atoms with Gasteiger partial charge in [0.1, 0.15) is 49.0 Å². The van der Waals surface area contributed by atoms with E-state index < -0.39 is 89.4 Å². The van der Waals surface area contributed by atoms with Crippen LogP contribution < -0.4 is 70.5 Å². The molecule has 0 spiro atoms. The van der Waals surface area contributed by atoms with Crippen molar-refractivity contribution in [3.05, 3.63) is 71.9 Å². The van der Waals surface area contributed by atoms with Gasteiger partial charge in [-0.05, 0) is 75.5 Å². The topological polar surface area (TPSA) is 410 Å². The van der Waals surface area contributed by atoms with Crippen molar-refractivity contribution in [1.82, 2.24) is 58.3 Å². The van der Waals surface area contributed by atoms with Crippen molar-refractivity contribution in [2.24, 2.45) is 27.3 Å². The van der Waals surface area contributed by atoms with Gasteiger partial charge in [0.25, 0.3) is 5.91 Å². The highest BCUT2D eigenvalue weighted by Crippen LogP contribution is 2.20. The molecule has 2 aromatic carbocycles. The summed E-state index contributed by atoms with van der Waals surface area (Å²) in [7, 11) is 0. The maximum absolute atomic E-state index is 14.6. The number of hydrogen-bond donors (Lipinski definition) is 14. The largest absolute Gasteiger partial charge is 0.370 e. The molecule has 0 aliphatic heterocycles. The van der Waals surface area contributed by atoms with Crippen molar-refractivity contribution in [1.29, 1.82) is 0 Å². The van der Waals surface area contributed by atoms with Gasteiger partial charge in [-0.15, -0.1) is 0 Å². The summed E-state index contributed by atoms with van der Waals surface area (Å²) in [6.07, 6.45) is 16.7. The van der Waals surface area contributed by atoms with E-state index in [9.17, 15) is 47.9 Å². The SMILES string of the molecule is CCCCCCCCCCCC(=O)NCCCNC(=O)/C=N/NCC(=O)NCCCC[C@H](NC(=O)[C@H](C)NC(=O)[C@H](CCCC)NC(C)=O)C(=O)N[C@H](Cc1ccccc1)C(=O)N[C@@H](CCCN=C(N)N)C(=O)N[C@@H](Cc1c[nH]c2ccccc12)C(N)=O. The van der Waals surface area contributed by atoms with Crippen LogP contribution in [0.5, 0.6) is 0 Å². The Morgan fingerprint density at radius 1 is 0.534 bits per heavy atom. The van der Waals surface area contributed by atoms with Gasteiger partial charge in [-0.25, -0.2) is 0 Å². The number of aromatic amines is 1. The molecule has 0 saturated heterocycles. The Kier molecular flexibility index (Phi) is 36.1. The second kappa shape index (κ2) is 43.1. The summed E-state index contributed by atoms with van der Waals surface area (Å²) in [4.78, 5) is 140. The van der Waals surface area contributed by atoms with Crippen LogP contribution >= 0.6 is 0 Å². The minimum Gasteiger partial charge on any atom is -0.370 e. The molecular weight excluding hydrogens is 1130 g/mol. The molecule has 17 N–H and O–H groups in total. The van der Waals surface area contributed by atoms with Crippen molar-refractivity contribution < 1.29 is 47.9 Å². The van der Waals surface area contributed by atoms with Gasteiger partial charge >= 0.3 is 0 Å². The molecule has 3 aromatic rings. The third-order valence-corrected chi connectivity index (χ3v) is 14.4. The second-order valence-corrected chi connectivity index (χ2v) is 22.0. The summed E-state index contributed by atoms with van der Waals surface area (Å²) < 4.78 is 0. The zero-order valence-electron chi connectivity index (χ0n) is 51.9. The number of hydrazone groups is 1. The number of nitrogens with one attached hydrogen (secondary N) is 11. The predicted molar refractivity (Wildman–Crippen MR) is 340 cm³/mol. The fourth-order valence-corrected chi connectivity index (χ4v) is 9.50. The Hall–Kier alpha value is -8.58. The van der Waals surface area contributed by atoms with E-state index in [0.717, 1.165) is 42.8 Å². The molecule has 6 atom stereocenters. The number of carbonyl (C=O) groups excluding carboxylic acids is 10. The highest BCUT2D eigenvalue weighted by Gasteiger charge is 2.33. The van der Waals surface area contributed by atoms with Gasteiger partial charge < -0.3 is 75.5 Å². The smallest absolute Gasteiger partial charge is 0.264 e. The lowest BCUT2D eigenvalue weighted by molar-refractivity contribution is -0.135. The Balaban J connectivity index is 1.68. The van der Waals surface area contributed by atoms with Crippen molar-refractivity contribution in [2.45, 2.75) is 199 Å². The Labute approximate surface area is 517 Å². The van der Waals surface area contributed by atoms with Crippen molar-refractivity contribution in [3.63, 3.8) is 0 Å². The summed E-state index contributed by atoms with van der Waals surface area (Å²) in [6, 6.07) is 8.89. The molecule has 1 heterocycles. The van der Waals surface area contributed by atoms with E-state index in [4.69, 9.17) is 17.2 Å². The first-order valence-corrected chi connectivity index (χ1v) is 31.1. The number of guanidine groups is 1. The van der Waals surface area contributed by atoms with Gasteiger partial charge in [-0.3, -0.25) is 52.9 Å². The second-order valence-electron chi connectivity index (χ2n) is 22.0. The standard InChI is InChI=1S/C62H98N16O10/c1-5-7-9-10-11-12-13-14-18-32-53(80)66-35-24-36-68-55(82)41-72-71-40-54(81)67-33-22-21-30-49(75-57(84)42(3)73-58(85)48(28-8-6-2)74-43(4)79)60(87)78-52(37-44-25-16-15-17-26-44)61(88)76-50(31-23-34-69-62(64)65)59(86)77-51(56(63)83)38-45-39-70-47-29-20-19-27-46(45)47/h15-17,19-20,25-27,29,39,41-42,48-52,70-71H,5-14,18,21-24,28,30-38,40H2,1-4H3,(H2,63,83)(H,66,80)(H,67,81)(H,68,82)(H,73,85)(H,74,79)(H,75,84)(H,76,88)(H,77,86)(H,78,87)(H4,64,65,69)/b72-41+/t42-,48-,49-,50-,51-,52+/m0/s1. The molecule has 88 heavy (non-hydrogen) atoms. The van der Waals surface area contributed by atoms with Crippen LogP contribution in [0.2, 0.25) is 0 Å². The fourth-order valence-electron chi connectivity index (χ4n) is 9.50. The lowest BCUT2D eigenvalue weighted by Gasteiger charge is -2.27. The number of para-hydroxylation sites is 1. The molecule has 1 aromatic heterocycles. The van der Waals surface area contributed by atoms with Crippen LogP contribution in [0.3, 0.4) is 0 Å². The minimum absolute atomic E-state index is 0.00435. The van der Waals surface area contributed by atoms with Crippen LogP contribution in [0.25, 0.3) is 10.9 Å². The lowest BCUT2D eigenvalue weighted by atomic mass is 10.0. The number of hydrogen-bond acceptors (Lipinski definition) is 13. The van der Waals surface area contributed by atoms with Crippen molar-refractivity contribution >= 4 is 82.1 Å². The molecule has 0 radical (unpaired) electrons. The molecule has 0 saturated carbocycles. The molecule has 10 amide bonds. The maximum Gasteiger partial charge on any atom is 0.264 e. The van der Waals surface area contributed by atoms with Crippen molar-refractivity contribution in [3.8, 4) is 0 Å². The van der Waals surface area contributed by atoms with Crippen LogP contribution in [-0.2, 0) is 60.8 Å². The van der Waals surface area contributed by atoms with Crippen LogP contribution in [0.1, 0.15) is 161 Å². The number of rotatable bonds is 46. The number of aliphatic imine (C=N–C) groups is 1. The van der Waals surface area contributed by atoms with Gasteiger partial charge in [0, 0.05) is 69.5 Å². The number of primary amides is 1. The molecular formula is C62H98N16O10. The van der Waals surface area contributed by atoms with E-state index in [1.54, 1.807) is 36.5 Å². The first-order valence-electron chi connectivity index (χ1n) is 31.1. The molecule has 26 heteroatoms. The van der Waals surface area contributed by atoms with Gasteiger partial charge in [0.15, 0.2) is 5.96 Å². The number of aromatic nitrogens is 1. The van der Waals surface area contributed by atoms with E-state index in [0.29, 0.717) is 56.3 Å². The normalized spacial score (nSPS) is 13.1. The number of nitrogens with zero attached hydrogens (tertiary/aromatic N) is 2. The number of carbonyl (C=O) groups is 10. The minimum atomic E-state index is -1.35. The van der Waals surface area contributed by atoms with Crippen LogP contribution in [0.4, 0.5) is 0 Å². The number of H-pyrrole nitrogens is 1. The molecule has 0 unspecified atom stereocenters. The van der Waals surface area contributed by atoms with E-state index >= 15 is 0 Å². The third-order valence-electron chi connectivity index (χ3n) is 14.4. The molecule has 0 bridgehead atoms. The van der Waals surface area contributed by atoms with Gasteiger partial charge in [-0.1, -0.05) is 127 Å². The highest BCUT2D eigenvalue weighted by molar-refractivity contribution is 6.26. The average molecular weight is 1230 g/mol. The maximum atomic E-state index is 14.6. The molecule has 3 rings (SSSR count). The molecule has 486 valence electrons. The number of benzene rings is 2. The zero-order valence-corrected chi connectivity index (χ0v) is 51.9. The quantitative estimate of drug-likeness (QED) is 0.0167. The van der Waals surface area contributed by atoms with Gasteiger partial charge in [-0.2, -0.15) is 5.10 Å².